The van der Waals surface area contributed by atoms with Crippen LogP contribution in [0.1, 0.15) is 45.4 Å². The van der Waals surface area contributed by atoms with Crippen LogP contribution in [0.2, 0.25) is 0 Å². The highest BCUT2D eigenvalue weighted by Crippen LogP contribution is 2.34. The van der Waals surface area contributed by atoms with Gasteiger partial charge in [-0.2, -0.15) is 0 Å². The number of amides is 1. The molecule has 108 valence electrons. The van der Waals surface area contributed by atoms with Gasteiger partial charge in [0.15, 0.2) is 0 Å². The number of carbonyl (C=O) groups is 2. The molecule has 5 nitrogen and oxygen atoms in total. The van der Waals surface area contributed by atoms with Crippen LogP contribution in [0, 0.1) is 11.3 Å². The van der Waals surface area contributed by atoms with Crippen LogP contribution in [0.25, 0.3) is 0 Å². The molecular weight excluding hydrogens is 244 g/mol. The van der Waals surface area contributed by atoms with Crippen molar-refractivity contribution in [2.75, 3.05) is 13.1 Å². The number of hydrogen-bond acceptors (Lipinski definition) is 3. The Kier molecular flexibility index (Phi) is 4.45. The predicted octanol–water partition coefficient (Wildman–Crippen LogP) is 1.14. The van der Waals surface area contributed by atoms with Crippen molar-refractivity contribution < 1.29 is 14.7 Å². The van der Waals surface area contributed by atoms with Gasteiger partial charge in [0.05, 0.1) is 11.3 Å². The third kappa shape index (κ3) is 2.91. The van der Waals surface area contributed by atoms with E-state index in [2.05, 4.69) is 10.6 Å². The van der Waals surface area contributed by atoms with Crippen LogP contribution in [-0.2, 0) is 9.59 Å². The van der Waals surface area contributed by atoms with E-state index < -0.39 is 11.9 Å². The number of carbonyl (C=O) groups excluding carboxylic acids is 1. The first-order chi connectivity index (χ1) is 9.09. The summed E-state index contributed by atoms with van der Waals surface area (Å²) < 4.78 is 0. The monoisotopic (exact) mass is 268 g/mol. The Hall–Kier alpha value is -1.10. The molecule has 0 aromatic carbocycles. The SMILES string of the molecule is CCC1(C(=O)NC2CCCC2C(=O)O)CCNCC1. The lowest BCUT2D eigenvalue weighted by Crippen LogP contribution is -2.51. The molecule has 1 amide bonds. The van der Waals surface area contributed by atoms with Crippen molar-refractivity contribution in [3.05, 3.63) is 0 Å². The summed E-state index contributed by atoms with van der Waals surface area (Å²) in [5.41, 5.74) is -0.295. The fraction of sp³-hybridized carbons (Fsp3) is 0.857. The summed E-state index contributed by atoms with van der Waals surface area (Å²) in [6.07, 6.45) is 4.88. The molecule has 1 heterocycles. The average molecular weight is 268 g/mol. The van der Waals surface area contributed by atoms with E-state index in [9.17, 15) is 9.59 Å². The summed E-state index contributed by atoms with van der Waals surface area (Å²) in [4.78, 5) is 23.7. The highest BCUT2D eigenvalue weighted by Gasteiger charge is 2.41. The molecule has 0 spiro atoms. The number of rotatable bonds is 4. The van der Waals surface area contributed by atoms with Crippen molar-refractivity contribution >= 4 is 11.9 Å². The number of carboxylic acid groups (broad SMARTS) is 1. The Balaban J connectivity index is 2.01. The van der Waals surface area contributed by atoms with Crippen molar-refractivity contribution in [3.8, 4) is 0 Å². The van der Waals surface area contributed by atoms with Crippen molar-refractivity contribution in [2.24, 2.45) is 11.3 Å². The van der Waals surface area contributed by atoms with Crippen LogP contribution in [-0.4, -0.2) is 36.1 Å². The second kappa shape index (κ2) is 5.90. The summed E-state index contributed by atoms with van der Waals surface area (Å²) in [5.74, 6) is -1.12. The van der Waals surface area contributed by atoms with E-state index in [4.69, 9.17) is 5.11 Å². The summed E-state index contributed by atoms with van der Waals surface area (Å²) in [5, 5.41) is 15.5. The number of hydrogen-bond donors (Lipinski definition) is 3. The topological polar surface area (TPSA) is 78.4 Å². The molecule has 2 aliphatic rings. The minimum atomic E-state index is -0.779. The molecule has 0 bridgehead atoms. The highest BCUT2D eigenvalue weighted by atomic mass is 16.4. The van der Waals surface area contributed by atoms with Gasteiger partial charge >= 0.3 is 5.97 Å². The molecule has 2 unspecified atom stereocenters. The number of piperidine rings is 1. The Labute approximate surface area is 114 Å². The molecule has 1 aliphatic heterocycles. The smallest absolute Gasteiger partial charge is 0.308 e. The van der Waals surface area contributed by atoms with Gasteiger partial charge in [-0.3, -0.25) is 9.59 Å². The molecule has 1 saturated carbocycles. The van der Waals surface area contributed by atoms with Crippen molar-refractivity contribution in [3.63, 3.8) is 0 Å². The minimum absolute atomic E-state index is 0.0645. The van der Waals surface area contributed by atoms with Gasteiger partial charge < -0.3 is 15.7 Å². The van der Waals surface area contributed by atoms with E-state index in [0.29, 0.717) is 6.42 Å². The molecule has 2 atom stereocenters. The van der Waals surface area contributed by atoms with E-state index in [-0.39, 0.29) is 17.4 Å². The molecule has 1 saturated heterocycles. The summed E-state index contributed by atoms with van der Waals surface area (Å²) in [7, 11) is 0. The third-order valence-electron chi connectivity index (χ3n) is 4.87. The Morgan fingerprint density at radius 2 is 2.00 bits per heavy atom. The Morgan fingerprint density at radius 3 is 2.58 bits per heavy atom. The second-order valence-electron chi connectivity index (χ2n) is 5.84. The van der Waals surface area contributed by atoms with Crippen LogP contribution in [0.15, 0.2) is 0 Å². The van der Waals surface area contributed by atoms with Gasteiger partial charge in [0, 0.05) is 6.04 Å². The maximum atomic E-state index is 12.5. The van der Waals surface area contributed by atoms with Gasteiger partial charge in [-0.05, 0) is 45.2 Å². The summed E-state index contributed by atoms with van der Waals surface area (Å²) in [6, 6.07) is -0.177. The predicted molar refractivity (Wildman–Crippen MR) is 71.7 cm³/mol. The van der Waals surface area contributed by atoms with E-state index in [1.54, 1.807) is 0 Å². The van der Waals surface area contributed by atoms with Gasteiger partial charge in [-0.15, -0.1) is 0 Å². The standard InChI is InChI=1S/C14H24N2O3/c1-2-14(6-8-15-9-7-14)13(19)16-11-5-3-4-10(11)12(17)18/h10-11,15H,2-9H2,1H3,(H,16,19)(H,17,18). The fourth-order valence-electron chi connectivity index (χ4n) is 3.40. The normalized spacial score (nSPS) is 29.9. The van der Waals surface area contributed by atoms with Crippen LogP contribution in [0.5, 0.6) is 0 Å². The molecule has 0 aromatic heterocycles. The lowest BCUT2D eigenvalue weighted by atomic mass is 9.75. The van der Waals surface area contributed by atoms with E-state index >= 15 is 0 Å². The van der Waals surface area contributed by atoms with E-state index in [1.807, 2.05) is 6.92 Å². The molecule has 0 radical (unpaired) electrons. The lowest BCUT2D eigenvalue weighted by Gasteiger charge is -2.36. The second-order valence-corrected chi connectivity index (χ2v) is 5.84. The molecule has 0 aromatic rings. The van der Waals surface area contributed by atoms with Crippen molar-refractivity contribution in [1.82, 2.24) is 10.6 Å². The maximum absolute atomic E-state index is 12.5. The van der Waals surface area contributed by atoms with Gasteiger partial charge in [0.1, 0.15) is 0 Å². The van der Waals surface area contributed by atoms with Crippen LogP contribution >= 0.6 is 0 Å². The zero-order valence-electron chi connectivity index (χ0n) is 11.6. The molecule has 1 aliphatic carbocycles. The third-order valence-corrected chi connectivity index (χ3v) is 4.87. The van der Waals surface area contributed by atoms with Crippen LogP contribution in [0.3, 0.4) is 0 Å². The number of carboxylic acids is 1. The first-order valence-corrected chi connectivity index (χ1v) is 7.33. The molecule has 19 heavy (non-hydrogen) atoms. The van der Waals surface area contributed by atoms with E-state index in [0.717, 1.165) is 45.2 Å². The number of aliphatic carboxylic acids is 1. The summed E-state index contributed by atoms with van der Waals surface area (Å²) >= 11 is 0. The minimum Gasteiger partial charge on any atom is -0.481 e. The molecule has 2 rings (SSSR count). The zero-order valence-corrected chi connectivity index (χ0v) is 11.6. The maximum Gasteiger partial charge on any atom is 0.308 e. The van der Waals surface area contributed by atoms with Gasteiger partial charge in [0.25, 0.3) is 0 Å². The average Bonchev–Trinajstić information content (AvgIpc) is 2.87. The Bertz CT molecular complexity index is 351. The molecule has 3 N–H and O–H groups in total. The molecule has 2 fully saturated rings. The first kappa shape index (κ1) is 14.3. The largest absolute Gasteiger partial charge is 0.481 e. The molecular formula is C14H24N2O3. The Morgan fingerprint density at radius 1 is 1.32 bits per heavy atom. The molecule has 5 heteroatoms. The lowest BCUT2D eigenvalue weighted by molar-refractivity contribution is -0.143. The zero-order chi connectivity index (χ0) is 13.9. The van der Waals surface area contributed by atoms with Crippen molar-refractivity contribution in [1.29, 1.82) is 0 Å². The van der Waals surface area contributed by atoms with Crippen molar-refractivity contribution in [2.45, 2.75) is 51.5 Å². The highest BCUT2D eigenvalue weighted by molar-refractivity contribution is 5.84. The van der Waals surface area contributed by atoms with Gasteiger partial charge in [0.2, 0.25) is 5.91 Å². The first-order valence-electron chi connectivity index (χ1n) is 7.33. The van der Waals surface area contributed by atoms with Gasteiger partial charge in [-0.1, -0.05) is 13.3 Å². The quantitative estimate of drug-likeness (QED) is 0.714. The van der Waals surface area contributed by atoms with Gasteiger partial charge in [-0.25, -0.2) is 0 Å². The fourth-order valence-corrected chi connectivity index (χ4v) is 3.40. The van der Waals surface area contributed by atoms with Crippen LogP contribution < -0.4 is 10.6 Å². The van der Waals surface area contributed by atoms with E-state index in [1.165, 1.54) is 0 Å². The number of nitrogens with one attached hydrogen (secondary N) is 2. The van der Waals surface area contributed by atoms with Crippen LogP contribution in [0.4, 0.5) is 0 Å². The summed E-state index contributed by atoms with van der Waals surface area (Å²) in [6.45, 7) is 3.79.